The third-order valence-corrected chi connectivity index (χ3v) is 1.45. The van der Waals surface area contributed by atoms with Crippen molar-refractivity contribution in [3.8, 4) is 6.19 Å². The molecule has 0 fully saturated rings. The molecule has 0 aliphatic carbocycles. The summed E-state index contributed by atoms with van der Waals surface area (Å²) in [6, 6.07) is 1.95. The Morgan fingerprint density at radius 3 is 3.00 bits per heavy atom. The summed E-state index contributed by atoms with van der Waals surface area (Å²) in [4.78, 5) is 0. The maximum atomic E-state index is 8.23. The van der Waals surface area contributed by atoms with Crippen LogP contribution in [0.3, 0.4) is 0 Å². The largest absolute Gasteiger partial charge is 0.318 e. The standard InChI is InChI=1S/C7H10N4/c1-6-3-7(4-9-5-8)11(2)10-6/h3,9H,4H2,1-2H3. The molecule has 1 N–H and O–H groups in total. The SMILES string of the molecule is Cc1cc(CNC#N)n(C)n1. The van der Waals surface area contributed by atoms with Crippen LogP contribution in [0.15, 0.2) is 6.07 Å². The lowest BCUT2D eigenvalue weighted by molar-refractivity contribution is 0.683. The van der Waals surface area contributed by atoms with E-state index in [4.69, 9.17) is 5.26 Å². The van der Waals surface area contributed by atoms with Crippen LogP contribution < -0.4 is 5.32 Å². The lowest BCUT2D eigenvalue weighted by atomic mass is 10.4. The zero-order valence-electron chi connectivity index (χ0n) is 6.63. The van der Waals surface area contributed by atoms with Gasteiger partial charge in [-0.25, -0.2) is 0 Å². The number of aryl methyl sites for hydroxylation is 2. The molecule has 0 aromatic carbocycles. The van der Waals surface area contributed by atoms with Crippen molar-refractivity contribution in [2.75, 3.05) is 0 Å². The van der Waals surface area contributed by atoms with Crippen molar-refractivity contribution in [2.24, 2.45) is 7.05 Å². The average Bonchev–Trinajstić information content (AvgIpc) is 2.26. The molecule has 0 radical (unpaired) electrons. The summed E-state index contributed by atoms with van der Waals surface area (Å²) in [5.74, 6) is 0. The van der Waals surface area contributed by atoms with Crippen molar-refractivity contribution in [1.82, 2.24) is 15.1 Å². The molecular formula is C7H10N4. The first-order chi connectivity index (χ1) is 5.24. The van der Waals surface area contributed by atoms with Gasteiger partial charge in [0.25, 0.3) is 0 Å². The Kier molecular flexibility index (Phi) is 2.12. The Balaban J connectivity index is 2.71. The second-order valence-electron chi connectivity index (χ2n) is 2.37. The highest BCUT2D eigenvalue weighted by atomic mass is 15.3. The summed E-state index contributed by atoms with van der Waals surface area (Å²) in [5.41, 5.74) is 1.99. The minimum Gasteiger partial charge on any atom is -0.318 e. The van der Waals surface area contributed by atoms with Crippen LogP contribution in [0.25, 0.3) is 0 Å². The van der Waals surface area contributed by atoms with Crippen LogP contribution in [-0.4, -0.2) is 9.78 Å². The Morgan fingerprint density at radius 2 is 2.55 bits per heavy atom. The van der Waals surface area contributed by atoms with Gasteiger partial charge in [0, 0.05) is 7.05 Å². The third-order valence-electron chi connectivity index (χ3n) is 1.45. The number of hydrogen-bond acceptors (Lipinski definition) is 3. The van der Waals surface area contributed by atoms with Crippen molar-refractivity contribution >= 4 is 0 Å². The smallest absolute Gasteiger partial charge is 0.176 e. The Morgan fingerprint density at radius 1 is 1.82 bits per heavy atom. The van der Waals surface area contributed by atoms with Gasteiger partial charge in [-0.3, -0.25) is 4.68 Å². The second-order valence-corrected chi connectivity index (χ2v) is 2.37. The molecule has 0 saturated heterocycles. The number of nitrogens with one attached hydrogen (secondary N) is 1. The van der Waals surface area contributed by atoms with Gasteiger partial charge in [-0.2, -0.15) is 10.4 Å². The maximum absolute atomic E-state index is 8.23. The molecule has 1 aromatic rings. The summed E-state index contributed by atoms with van der Waals surface area (Å²) in [6.07, 6.45) is 1.86. The van der Waals surface area contributed by atoms with E-state index in [2.05, 4.69) is 10.4 Å². The molecule has 0 atom stereocenters. The number of nitrogens with zero attached hydrogens (tertiary/aromatic N) is 3. The quantitative estimate of drug-likeness (QED) is 0.487. The van der Waals surface area contributed by atoms with Crippen LogP contribution in [0.2, 0.25) is 0 Å². The van der Waals surface area contributed by atoms with E-state index in [0.29, 0.717) is 6.54 Å². The van der Waals surface area contributed by atoms with Crippen LogP contribution in [-0.2, 0) is 13.6 Å². The minimum absolute atomic E-state index is 0.549. The van der Waals surface area contributed by atoms with Crippen LogP contribution in [0.1, 0.15) is 11.4 Å². The summed E-state index contributed by atoms with van der Waals surface area (Å²) < 4.78 is 1.76. The van der Waals surface area contributed by atoms with E-state index in [1.807, 2.05) is 26.2 Å². The molecule has 1 heterocycles. The van der Waals surface area contributed by atoms with Gasteiger partial charge < -0.3 is 5.32 Å². The molecule has 58 valence electrons. The zero-order chi connectivity index (χ0) is 8.27. The Hall–Kier alpha value is -1.50. The predicted octanol–water partition coefficient (Wildman–Crippen LogP) is 0.299. The maximum Gasteiger partial charge on any atom is 0.176 e. The molecule has 0 amide bonds. The lowest BCUT2D eigenvalue weighted by Crippen LogP contribution is -2.08. The van der Waals surface area contributed by atoms with E-state index < -0.39 is 0 Å². The van der Waals surface area contributed by atoms with Gasteiger partial charge >= 0.3 is 0 Å². The van der Waals surface area contributed by atoms with Gasteiger partial charge in [0.1, 0.15) is 0 Å². The van der Waals surface area contributed by atoms with Gasteiger partial charge in [-0.05, 0) is 13.0 Å². The molecule has 0 bridgehead atoms. The summed E-state index contributed by atoms with van der Waals surface area (Å²) in [6.45, 7) is 2.48. The number of nitriles is 1. The molecule has 0 unspecified atom stereocenters. The average molecular weight is 150 g/mol. The molecule has 1 aromatic heterocycles. The zero-order valence-corrected chi connectivity index (χ0v) is 6.63. The Bertz CT molecular complexity index is 281. The highest BCUT2D eigenvalue weighted by Gasteiger charge is 1.99. The molecule has 0 saturated carbocycles. The first kappa shape index (κ1) is 7.61. The second kappa shape index (κ2) is 3.06. The van der Waals surface area contributed by atoms with E-state index in [-0.39, 0.29) is 0 Å². The number of rotatable bonds is 2. The van der Waals surface area contributed by atoms with Crippen LogP contribution in [0.4, 0.5) is 0 Å². The topological polar surface area (TPSA) is 53.6 Å². The fourth-order valence-electron chi connectivity index (χ4n) is 0.960. The van der Waals surface area contributed by atoms with E-state index in [1.165, 1.54) is 0 Å². The molecule has 0 aliphatic heterocycles. The third kappa shape index (κ3) is 1.71. The van der Waals surface area contributed by atoms with E-state index in [9.17, 15) is 0 Å². The predicted molar refractivity (Wildman–Crippen MR) is 40.4 cm³/mol. The lowest BCUT2D eigenvalue weighted by Gasteiger charge is -1.96. The molecule has 1 rings (SSSR count). The first-order valence-corrected chi connectivity index (χ1v) is 3.35. The van der Waals surface area contributed by atoms with Gasteiger partial charge in [-0.15, -0.1) is 0 Å². The minimum atomic E-state index is 0.549. The molecular weight excluding hydrogens is 140 g/mol. The highest BCUT2D eigenvalue weighted by Crippen LogP contribution is 1.99. The van der Waals surface area contributed by atoms with Crippen molar-refractivity contribution in [2.45, 2.75) is 13.5 Å². The van der Waals surface area contributed by atoms with Gasteiger partial charge in [-0.1, -0.05) is 0 Å². The molecule has 11 heavy (non-hydrogen) atoms. The molecule has 4 nitrogen and oxygen atoms in total. The van der Waals surface area contributed by atoms with Gasteiger partial charge in [0.05, 0.1) is 17.9 Å². The summed E-state index contributed by atoms with van der Waals surface area (Å²) >= 11 is 0. The van der Waals surface area contributed by atoms with E-state index in [1.54, 1.807) is 4.68 Å². The van der Waals surface area contributed by atoms with Crippen LogP contribution in [0.5, 0.6) is 0 Å². The molecule has 0 spiro atoms. The van der Waals surface area contributed by atoms with Gasteiger partial charge in [0.2, 0.25) is 0 Å². The fraction of sp³-hybridized carbons (Fsp3) is 0.429. The number of aromatic nitrogens is 2. The monoisotopic (exact) mass is 150 g/mol. The van der Waals surface area contributed by atoms with E-state index in [0.717, 1.165) is 11.4 Å². The first-order valence-electron chi connectivity index (χ1n) is 3.35. The van der Waals surface area contributed by atoms with Gasteiger partial charge in [0.15, 0.2) is 6.19 Å². The highest BCUT2D eigenvalue weighted by molar-refractivity contribution is 5.08. The molecule has 4 heteroatoms. The summed E-state index contributed by atoms with van der Waals surface area (Å²) in [7, 11) is 1.86. The summed E-state index contributed by atoms with van der Waals surface area (Å²) in [5, 5.41) is 14.9. The van der Waals surface area contributed by atoms with E-state index >= 15 is 0 Å². The molecule has 0 aliphatic rings. The van der Waals surface area contributed by atoms with Crippen molar-refractivity contribution in [3.05, 3.63) is 17.5 Å². The normalized spacial score (nSPS) is 9.18. The van der Waals surface area contributed by atoms with Crippen LogP contribution >= 0.6 is 0 Å². The Labute approximate surface area is 65.4 Å². The number of hydrogen-bond donors (Lipinski definition) is 1. The van der Waals surface area contributed by atoms with Crippen molar-refractivity contribution in [3.63, 3.8) is 0 Å². The van der Waals surface area contributed by atoms with Crippen LogP contribution in [0, 0.1) is 18.4 Å². The van der Waals surface area contributed by atoms with Crippen molar-refractivity contribution < 1.29 is 0 Å². The van der Waals surface area contributed by atoms with Crippen molar-refractivity contribution in [1.29, 1.82) is 5.26 Å². The fourth-order valence-corrected chi connectivity index (χ4v) is 0.960.